The topological polar surface area (TPSA) is 157 Å². The van der Waals surface area contributed by atoms with Gasteiger partial charge >= 0.3 is 16.1 Å². The zero-order chi connectivity index (χ0) is 34.4. The normalized spacial score (nSPS) is 18.3. The lowest BCUT2D eigenvalue weighted by Crippen LogP contribution is -2.56. The van der Waals surface area contributed by atoms with Gasteiger partial charge in [-0.05, 0) is 74.0 Å². The molecule has 0 saturated carbocycles. The van der Waals surface area contributed by atoms with Crippen molar-refractivity contribution in [3.05, 3.63) is 77.9 Å². The van der Waals surface area contributed by atoms with Crippen molar-refractivity contribution in [2.75, 3.05) is 39.7 Å². The number of rotatable bonds is 12. The molecule has 3 amide bonds. The molecule has 1 saturated heterocycles. The number of methoxy groups -OCH3 is 2. The standard InChI is InChI=1S/C34H42N4O8S/c1-23(2)47(42,43)46-29-15-11-26(12-16-29)36-34(41)37(30(33(35)40)19-24-8-13-28(39)14-9-24)27-7-6-18-38(3,22-27)21-25-10-17-31(44-4)32(20-25)45-5/h8-17,20,23,30H,6-7,18-19,21-22H2,1-5H3,(H2-2,35,36,39,40,41)/p+2/b37-27+/t30-,38?/m0/s1. The third kappa shape index (κ3) is 9.01. The van der Waals surface area contributed by atoms with Gasteiger partial charge in [-0.15, -0.1) is 0 Å². The number of likely N-dealkylation sites (tertiary alicyclic amines) is 1. The number of primary amides is 1. The first-order valence-corrected chi connectivity index (χ1v) is 16.8. The summed E-state index contributed by atoms with van der Waals surface area (Å²) in [6, 6.07) is 16.6. The number of phenolic OH excluding ortho intramolecular Hbond substituents is 1. The highest BCUT2D eigenvalue weighted by molar-refractivity contribution is 7.87. The van der Waals surface area contributed by atoms with E-state index in [0.717, 1.165) is 29.8 Å². The van der Waals surface area contributed by atoms with Gasteiger partial charge in [-0.1, -0.05) is 12.1 Å². The van der Waals surface area contributed by atoms with Crippen LogP contribution in [-0.2, 0) is 27.9 Å². The first-order chi connectivity index (χ1) is 22.2. The molecule has 0 aliphatic carbocycles. The van der Waals surface area contributed by atoms with Crippen LogP contribution in [-0.4, -0.2) is 85.9 Å². The summed E-state index contributed by atoms with van der Waals surface area (Å²) < 4.78 is 42.5. The predicted octanol–water partition coefficient (Wildman–Crippen LogP) is 4.05. The number of quaternary nitrogens is 1. The van der Waals surface area contributed by atoms with Crippen LogP contribution in [0.25, 0.3) is 0 Å². The Morgan fingerprint density at radius 3 is 2.21 bits per heavy atom. The van der Waals surface area contributed by atoms with E-state index in [2.05, 4.69) is 12.4 Å². The Bertz CT molecular complexity index is 1720. The SMILES string of the molecule is COc1ccc(C[N+]2(C)CCC/C(=[N+](\C(=O)Nc3ccc(OS(=O)(=O)C(C)C)cc3)[C@@H](Cc3ccc(O)cc3)C(N)=O)C2)cc1OC. The van der Waals surface area contributed by atoms with Gasteiger partial charge < -0.3 is 29.0 Å². The lowest BCUT2D eigenvalue weighted by atomic mass is 10.0. The number of nitrogens with one attached hydrogen (secondary N) is 1. The number of hydrogen-bond donors (Lipinski definition) is 3. The van der Waals surface area contributed by atoms with Crippen LogP contribution >= 0.6 is 0 Å². The summed E-state index contributed by atoms with van der Waals surface area (Å²) >= 11 is 0. The largest absolute Gasteiger partial charge is 0.508 e. The lowest BCUT2D eigenvalue weighted by Gasteiger charge is -2.38. The molecule has 252 valence electrons. The maximum Gasteiger partial charge on any atom is 0.496 e. The van der Waals surface area contributed by atoms with E-state index in [0.29, 0.717) is 41.2 Å². The van der Waals surface area contributed by atoms with Crippen LogP contribution in [0.1, 0.15) is 37.8 Å². The number of amides is 3. The first kappa shape index (κ1) is 35.2. The van der Waals surface area contributed by atoms with E-state index in [-0.39, 0.29) is 17.9 Å². The molecule has 3 aromatic rings. The van der Waals surface area contributed by atoms with Gasteiger partial charge in [0.2, 0.25) is 0 Å². The van der Waals surface area contributed by atoms with Gasteiger partial charge in [0.25, 0.3) is 5.91 Å². The van der Waals surface area contributed by atoms with Gasteiger partial charge in [0.05, 0.1) is 33.1 Å². The highest BCUT2D eigenvalue weighted by atomic mass is 32.2. The molecular formula is C34H44N4O8S+2. The van der Waals surface area contributed by atoms with Gasteiger partial charge in [-0.25, -0.2) is 5.32 Å². The minimum Gasteiger partial charge on any atom is -0.508 e. The third-order valence-electron chi connectivity index (χ3n) is 8.20. The number of aromatic hydroxyl groups is 1. The van der Waals surface area contributed by atoms with Gasteiger partial charge in [0, 0.05) is 24.8 Å². The van der Waals surface area contributed by atoms with Crippen molar-refractivity contribution in [2.45, 2.75) is 50.9 Å². The Kier molecular flexibility index (Phi) is 11.1. The second kappa shape index (κ2) is 14.9. The molecule has 4 rings (SSSR count). The molecule has 4 N–H and O–H groups in total. The minimum absolute atomic E-state index is 0.0810. The average Bonchev–Trinajstić information content (AvgIpc) is 3.02. The van der Waals surface area contributed by atoms with E-state index in [1.807, 2.05) is 18.2 Å². The van der Waals surface area contributed by atoms with Crippen molar-refractivity contribution in [2.24, 2.45) is 5.73 Å². The van der Waals surface area contributed by atoms with Crippen LogP contribution in [0, 0.1) is 0 Å². The van der Waals surface area contributed by atoms with Gasteiger partial charge in [-0.3, -0.25) is 4.79 Å². The molecule has 47 heavy (non-hydrogen) atoms. The lowest BCUT2D eigenvalue weighted by molar-refractivity contribution is -0.918. The fourth-order valence-corrected chi connectivity index (χ4v) is 6.27. The zero-order valence-electron chi connectivity index (χ0n) is 27.4. The van der Waals surface area contributed by atoms with Crippen LogP contribution in [0.3, 0.4) is 0 Å². The Hall–Kier alpha value is -4.62. The summed E-state index contributed by atoms with van der Waals surface area (Å²) in [4.78, 5) is 27.2. The molecule has 2 atom stereocenters. The van der Waals surface area contributed by atoms with Crippen molar-refractivity contribution in [1.29, 1.82) is 0 Å². The van der Waals surface area contributed by atoms with Crippen LogP contribution < -0.4 is 24.7 Å². The minimum atomic E-state index is -3.79. The van der Waals surface area contributed by atoms with E-state index in [1.54, 1.807) is 26.4 Å². The first-order valence-electron chi connectivity index (χ1n) is 15.3. The fraction of sp³-hybridized carbons (Fsp3) is 0.382. The third-order valence-corrected chi connectivity index (χ3v) is 9.78. The Labute approximate surface area is 276 Å². The van der Waals surface area contributed by atoms with Crippen molar-refractivity contribution < 1.29 is 45.8 Å². The van der Waals surface area contributed by atoms with Crippen LogP contribution in [0.5, 0.6) is 23.0 Å². The molecular weight excluding hydrogens is 624 g/mol. The smallest absolute Gasteiger partial charge is 0.496 e. The van der Waals surface area contributed by atoms with Crippen molar-refractivity contribution >= 4 is 33.5 Å². The van der Waals surface area contributed by atoms with Gasteiger partial charge in [0.1, 0.15) is 36.0 Å². The molecule has 1 fully saturated rings. The number of nitrogens with zero attached hydrogens (tertiary/aromatic N) is 2. The molecule has 0 aromatic heterocycles. The number of hydrogen-bond acceptors (Lipinski definition) is 8. The molecule has 0 bridgehead atoms. The summed E-state index contributed by atoms with van der Waals surface area (Å²) in [5, 5.41) is 11.9. The number of nitrogens with two attached hydrogens (primary N) is 1. The number of carbonyl (C=O) groups is 2. The molecule has 13 heteroatoms. The number of phenols is 1. The quantitative estimate of drug-likeness (QED) is 0.148. The number of piperidine rings is 1. The Morgan fingerprint density at radius 1 is 0.979 bits per heavy atom. The van der Waals surface area contributed by atoms with Crippen LogP contribution in [0.15, 0.2) is 66.7 Å². The number of benzene rings is 3. The summed E-state index contributed by atoms with van der Waals surface area (Å²) in [5.74, 6) is 0.772. The summed E-state index contributed by atoms with van der Waals surface area (Å²) in [6.45, 7) is 4.99. The molecule has 0 radical (unpaired) electrons. The summed E-state index contributed by atoms with van der Waals surface area (Å²) in [7, 11) is 1.49. The number of ether oxygens (including phenoxy) is 2. The summed E-state index contributed by atoms with van der Waals surface area (Å²) in [6.07, 6.45) is 1.47. The molecule has 1 aliphatic heterocycles. The fourth-order valence-electron chi connectivity index (χ4n) is 5.70. The van der Waals surface area contributed by atoms with Crippen molar-refractivity contribution in [3.63, 3.8) is 0 Å². The number of anilines is 1. The van der Waals surface area contributed by atoms with Crippen molar-refractivity contribution in [1.82, 2.24) is 0 Å². The molecule has 1 heterocycles. The average molecular weight is 669 g/mol. The van der Waals surface area contributed by atoms with E-state index in [9.17, 15) is 23.1 Å². The Balaban J connectivity index is 1.69. The molecule has 12 nitrogen and oxygen atoms in total. The maximum atomic E-state index is 14.1. The van der Waals surface area contributed by atoms with E-state index in [4.69, 9.17) is 19.4 Å². The second-order valence-electron chi connectivity index (χ2n) is 12.3. The monoisotopic (exact) mass is 668 g/mol. The number of carbonyl (C=O) groups excluding carboxylic acids is 2. The van der Waals surface area contributed by atoms with E-state index < -0.39 is 33.3 Å². The van der Waals surface area contributed by atoms with Gasteiger partial charge in [-0.2, -0.15) is 17.8 Å². The highest BCUT2D eigenvalue weighted by Gasteiger charge is 2.39. The predicted molar refractivity (Wildman–Crippen MR) is 179 cm³/mol. The van der Waals surface area contributed by atoms with E-state index in [1.165, 1.54) is 54.8 Å². The summed E-state index contributed by atoms with van der Waals surface area (Å²) in [5.41, 5.74) is 8.85. The Morgan fingerprint density at radius 2 is 1.62 bits per heavy atom. The van der Waals surface area contributed by atoms with E-state index >= 15 is 0 Å². The molecule has 1 aliphatic rings. The highest BCUT2D eigenvalue weighted by Crippen LogP contribution is 2.30. The van der Waals surface area contributed by atoms with Crippen LogP contribution in [0.4, 0.5) is 10.5 Å². The number of urea groups is 1. The zero-order valence-corrected chi connectivity index (χ0v) is 28.2. The van der Waals surface area contributed by atoms with Crippen molar-refractivity contribution in [3.8, 4) is 23.0 Å². The van der Waals surface area contributed by atoms with Gasteiger partial charge in [0.15, 0.2) is 17.5 Å². The van der Waals surface area contributed by atoms with Crippen LogP contribution in [0.2, 0.25) is 0 Å². The second-order valence-corrected chi connectivity index (χ2v) is 14.4. The molecule has 3 aromatic carbocycles. The molecule has 0 spiro atoms. The molecule has 1 unspecified atom stereocenters. The maximum absolute atomic E-state index is 14.1.